The maximum absolute atomic E-state index is 13.5. The van der Waals surface area contributed by atoms with E-state index in [1.165, 1.54) is 30.2 Å². The number of hydrogen-bond donors (Lipinski definition) is 2. The summed E-state index contributed by atoms with van der Waals surface area (Å²) in [6.45, 7) is 5.71. The highest BCUT2D eigenvalue weighted by molar-refractivity contribution is 6.32. The Morgan fingerprint density at radius 1 is 0.792 bits per heavy atom. The number of anilines is 3. The van der Waals surface area contributed by atoms with Crippen LogP contribution in [-0.2, 0) is 6.54 Å². The molecule has 0 radical (unpaired) electrons. The summed E-state index contributed by atoms with van der Waals surface area (Å²) in [5, 5.41) is 11.3. The number of hydrazone groups is 1. The van der Waals surface area contributed by atoms with E-state index in [9.17, 15) is 9.59 Å². The summed E-state index contributed by atoms with van der Waals surface area (Å²) in [6.07, 6.45) is 9.77. The summed E-state index contributed by atoms with van der Waals surface area (Å²) < 4.78 is 3.30. The molecule has 0 amide bonds. The fourth-order valence-electron chi connectivity index (χ4n) is 7.09. The van der Waals surface area contributed by atoms with Crippen molar-refractivity contribution in [1.82, 2.24) is 0 Å². The molecular weight excluding hydrogens is 792 g/mol. The Morgan fingerprint density at radius 3 is 2.15 bits per heavy atom. The first kappa shape index (κ1) is 41.4. The number of hydrogen-bond acceptors (Lipinski definition) is 6. The van der Waals surface area contributed by atoms with Crippen LogP contribution in [0.15, 0.2) is 102 Å². The third-order valence-corrected chi connectivity index (χ3v) is 10.1. The van der Waals surface area contributed by atoms with Crippen LogP contribution in [0, 0.1) is 6.92 Å². The van der Waals surface area contributed by atoms with E-state index in [2.05, 4.69) is 72.6 Å². The number of para-hydroxylation sites is 2. The molecule has 0 atom stereocenters. The van der Waals surface area contributed by atoms with Crippen LogP contribution in [0.3, 0.4) is 0 Å². The Kier molecular flexibility index (Phi) is 14.5. The zero-order valence-electron chi connectivity index (χ0n) is 31.1. The van der Waals surface area contributed by atoms with Crippen LogP contribution in [-0.4, -0.2) is 63.0 Å². The molecule has 0 saturated carbocycles. The fraction of sp³-hybridized carbons (Fsp3) is 0.302. The maximum atomic E-state index is 13.5. The van der Waals surface area contributed by atoms with Crippen molar-refractivity contribution in [2.45, 2.75) is 45.6 Å². The van der Waals surface area contributed by atoms with E-state index in [0.717, 1.165) is 53.8 Å². The molecule has 4 aromatic carbocycles. The highest BCUT2D eigenvalue weighted by Gasteiger charge is 2.34. The molecule has 1 aliphatic carbocycles. The Balaban J connectivity index is 0.00000314. The predicted octanol–water partition coefficient (Wildman–Crippen LogP) is 1.41. The number of quaternary nitrogens is 1. The van der Waals surface area contributed by atoms with Crippen molar-refractivity contribution in [3.63, 3.8) is 0 Å². The standard InChI is InChI=1S/C43H49N6O2.2BrH/c1-31-29-37(39-40(41(31)44)43(51)36-21-11-10-20-35(36)42(39)50)45-24-16-28-49(3,4)27-15-6-5-14-25-48-26-23-32(34-19-12-13-22-38(34)48)30-46-47(2)33-17-8-7-9-18-33;;/h7-13,17-23,26,29-30,44,46H,5-6,14-16,24-25,27-28H2,1-4H3;2*1H/q+1;;/p-1. The molecule has 6 rings (SSSR count). The molecule has 0 aliphatic heterocycles. The molecule has 278 valence electrons. The number of pyridine rings is 1. The molecule has 1 aromatic heterocycles. The Hall–Kier alpha value is -4.38. The van der Waals surface area contributed by atoms with E-state index >= 15 is 0 Å². The zero-order valence-corrected chi connectivity index (χ0v) is 34.3. The first-order valence-corrected chi connectivity index (χ1v) is 18.1. The second kappa shape index (κ2) is 18.6. The number of carbonyl (C=O) groups is 2. The minimum atomic E-state index is -0.180. The minimum absolute atomic E-state index is 0. The van der Waals surface area contributed by atoms with Gasteiger partial charge in [-0.15, -0.1) is 0 Å². The molecule has 1 aliphatic rings. The lowest BCUT2D eigenvalue weighted by atomic mass is 9.81. The number of carbonyl (C=O) groups excluding carboxylic acids is 2. The van der Waals surface area contributed by atoms with Gasteiger partial charge in [0.05, 0.1) is 55.6 Å². The molecule has 5 aromatic rings. The van der Waals surface area contributed by atoms with Gasteiger partial charge in [-0.05, 0) is 56.0 Å². The summed E-state index contributed by atoms with van der Waals surface area (Å²) in [7, 11) is 6.55. The van der Waals surface area contributed by atoms with Crippen molar-refractivity contribution in [1.29, 1.82) is 0 Å². The van der Waals surface area contributed by atoms with Gasteiger partial charge in [-0.25, -0.2) is 0 Å². The summed E-state index contributed by atoms with van der Waals surface area (Å²) in [5.74, 6) is -0.327. The highest BCUT2D eigenvalue weighted by Crippen LogP contribution is 2.37. The number of halogens is 2. The molecule has 10 heteroatoms. The summed E-state index contributed by atoms with van der Waals surface area (Å²) in [5.41, 5.74) is 13.2. The summed E-state index contributed by atoms with van der Waals surface area (Å²) in [4.78, 5) is 26.9. The van der Waals surface area contributed by atoms with Crippen LogP contribution >= 0.6 is 0 Å². The molecule has 0 bridgehead atoms. The smallest absolute Gasteiger partial charge is 0.213 e. The minimum Gasteiger partial charge on any atom is -1.00 e. The largest absolute Gasteiger partial charge is 1.00 e. The van der Waals surface area contributed by atoms with E-state index < -0.39 is 0 Å². The van der Waals surface area contributed by atoms with Crippen molar-refractivity contribution in [2.24, 2.45) is 5.10 Å². The van der Waals surface area contributed by atoms with Crippen LogP contribution in [0.5, 0.6) is 0 Å². The van der Waals surface area contributed by atoms with Gasteiger partial charge < -0.3 is 49.5 Å². The van der Waals surface area contributed by atoms with Gasteiger partial charge >= 0.3 is 0 Å². The average molecular weight is 843 g/mol. The lowest BCUT2D eigenvalue weighted by Gasteiger charge is -2.30. The normalized spacial score (nSPS) is 12.2. The van der Waals surface area contributed by atoms with Gasteiger partial charge in [-0.3, -0.25) is 14.6 Å². The van der Waals surface area contributed by atoms with Gasteiger partial charge in [0.2, 0.25) is 5.52 Å². The number of rotatable bonds is 15. The number of unbranched alkanes of at least 4 members (excludes halogenated alkanes) is 3. The van der Waals surface area contributed by atoms with Crippen LogP contribution in [0.1, 0.15) is 75.1 Å². The second-order valence-electron chi connectivity index (χ2n) is 14.3. The molecule has 3 N–H and O–H groups in total. The van der Waals surface area contributed by atoms with Crippen molar-refractivity contribution in [3.8, 4) is 0 Å². The molecular formula is C43H50Br2N6O2. The topological polar surface area (TPSA) is 91.7 Å². The molecule has 0 saturated heterocycles. The number of fused-ring (bicyclic) bond motifs is 3. The zero-order chi connectivity index (χ0) is 36.0. The molecule has 0 unspecified atom stereocenters. The molecule has 53 heavy (non-hydrogen) atoms. The van der Waals surface area contributed by atoms with Gasteiger partial charge in [0, 0.05) is 66.6 Å². The van der Waals surface area contributed by atoms with Crippen LogP contribution in [0.25, 0.3) is 10.9 Å². The number of aromatic nitrogens is 1. The fourth-order valence-corrected chi connectivity index (χ4v) is 7.09. The monoisotopic (exact) mass is 840 g/mol. The number of nitrogens with two attached hydrogens (primary N) is 1. The lowest BCUT2D eigenvalue weighted by Crippen LogP contribution is -3.00. The predicted molar refractivity (Wildman–Crippen MR) is 209 cm³/mol. The Labute approximate surface area is 334 Å². The van der Waals surface area contributed by atoms with Crippen molar-refractivity contribution < 1.29 is 52.6 Å². The first-order valence-electron chi connectivity index (χ1n) is 18.1. The lowest BCUT2D eigenvalue weighted by molar-refractivity contribution is -0.890. The molecule has 8 nitrogen and oxygen atoms in total. The third-order valence-electron chi connectivity index (χ3n) is 10.1. The number of nitrogens with one attached hydrogen (secondary N) is 1. The summed E-state index contributed by atoms with van der Waals surface area (Å²) in [6, 6.07) is 29.8. The Morgan fingerprint density at radius 2 is 1.42 bits per heavy atom. The van der Waals surface area contributed by atoms with Crippen molar-refractivity contribution >= 4 is 45.7 Å². The first-order chi connectivity index (χ1) is 24.6. The maximum Gasteiger partial charge on any atom is 0.213 e. The van der Waals surface area contributed by atoms with Crippen molar-refractivity contribution in [2.75, 3.05) is 56.8 Å². The van der Waals surface area contributed by atoms with Crippen LogP contribution < -0.4 is 54.6 Å². The SMILES string of the molecule is Cc1cc(NCCC[N+](C)(C)CCCCCC[n+]2ccc(/C=N/N(C)c3ccccc3)c3ccccc32)c2c(c1N)C(=O)c1ccccc1C2=O.[Br-].[Br-]. The van der Waals surface area contributed by atoms with E-state index in [1.807, 2.05) is 49.5 Å². The van der Waals surface area contributed by atoms with E-state index in [1.54, 1.807) is 24.3 Å². The summed E-state index contributed by atoms with van der Waals surface area (Å²) >= 11 is 0. The number of benzene rings is 4. The molecule has 0 fully saturated rings. The van der Waals surface area contributed by atoms with E-state index in [4.69, 9.17) is 10.8 Å². The second-order valence-corrected chi connectivity index (χ2v) is 14.3. The van der Waals surface area contributed by atoms with Gasteiger partial charge in [-0.1, -0.05) is 54.6 Å². The number of nitrogen functional groups attached to an aromatic ring is 1. The van der Waals surface area contributed by atoms with Gasteiger partial charge in [-0.2, -0.15) is 9.67 Å². The molecule has 1 heterocycles. The van der Waals surface area contributed by atoms with Gasteiger partial charge in [0.1, 0.15) is 6.54 Å². The van der Waals surface area contributed by atoms with Gasteiger partial charge in [0.15, 0.2) is 17.8 Å². The third kappa shape index (κ3) is 9.60. The van der Waals surface area contributed by atoms with Crippen LogP contribution in [0.4, 0.5) is 17.1 Å². The highest BCUT2D eigenvalue weighted by atomic mass is 79.9. The molecule has 0 spiro atoms. The van der Waals surface area contributed by atoms with E-state index in [0.29, 0.717) is 40.2 Å². The van der Waals surface area contributed by atoms with Crippen LogP contribution in [0.2, 0.25) is 0 Å². The van der Waals surface area contributed by atoms with E-state index in [-0.39, 0.29) is 45.5 Å². The quantitative estimate of drug-likeness (QED) is 0.0408. The number of aryl methyl sites for hydroxylation is 2. The number of nitrogens with zero attached hydrogens (tertiary/aromatic N) is 4. The average Bonchev–Trinajstić information content (AvgIpc) is 3.14. The van der Waals surface area contributed by atoms with Crippen molar-refractivity contribution in [3.05, 3.63) is 131 Å². The Bertz CT molecular complexity index is 2080. The number of ketones is 2. The van der Waals surface area contributed by atoms with Gasteiger partial charge in [0.25, 0.3) is 0 Å².